The number of phenols is 1. The number of para-hydroxylation sites is 2. The highest BCUT2D eigenvalue weighted by Gasteiger charge is 2.05. The zero-order chi connectivity index (χ0) is 17.9. The second-order valence-corrected chi connectivity index (χ2v) is 6.22. The number of rotatable bonds is 4. The Kier molecular flexibility index (Phi) is 4.23. The van der Waals surface area contributed by atoms with Gasteiger partial charge in [0.25, 0.3) is 0 Å². The minimum Gasteiger partial charge on any atom is -0.507 e. The van der Waals surface area contributed by atoms with Crippen molar-refractivity contribution >= 4 is 17.2 Å². The molecule has 3 aromatic carbocycles. The standard InChI is InChI=1S/C22H19N3O/c1-23-13-19-12-18(10-11-22(19)26)17-8-6-16(7-9-17)14-25-15-24-20-4-2-3-5-21(20)25/h2-13,15,26H,14H2,1H3/b23-13+. The lowest BCUT2D eigenvalue weighted by Gasteiger charge is -2.08. The Balaban J connectivity index is 1.60. The highest BCUT2D eigenvalue weighted by molar-refractivity contribution is 5.86. The Labute approximate surface area is 152 Å². The number of imidazole rings is 1. The van der Waals surface area contributed by atoms with Gasteiger partial charge in [-0.25, -0.2) is 4.98 Å². The van der Waals surface area contributed by atoms with E-state index in [1.165, 1.54) is 5.56 Å². The molecule has 0 fully saturated rings. The number of nitrogens with zero attached hydrogens (tertiary/aromatic N) is 3. The van der Waals surface area contributed by atoms with Crippen LogP contribution in [0.5, 0.6) is 5.75 Å². The summed E-state index contributed by atoms with van der Waals surface area (Å²) in [6, 6.07) is 22.2. The zero-order valence-corrected chi connectivity index (χ0v) is 14.5. The molecule has 0 unspecified atom stereocenters. The monoisotopic (exact) mass is 341 g/mol. The van der Waals surface area contributed by atoms with E-state index < -0.39 is 0 Å². The number of phenolic OH excluding ortho intramolecular Hbond substituents is 1. The van der Waals surface area contributed by atoms with E-state index in [0.29, 0.717) is 0 Å². The quantitative estimate of drug-likeness (QED) is 0.555. The van der Waals surface area contributed by atoms with Crippen molar-refractivity contribution in [2.45, 2.75) is 6.54 Å². The lowest BCUT2D eigenvalue weighted by atomic mass is 10.0. The second kappa shape index (κ2) is 6.84. The Morgan fingerprint density at radius 1 is 1.00 bits per heavy atom. The Bertz CT molecular complexity index is 1080. The first-order valence-electron chi connectivity index (χ1n) is 8.49. The first-order chi connectivity index (χ1) is 12.7. The molecule has 1 heterocycles. The molecule has 0 radical (unpaired) electrons. The molecule has 0 aliphatic carbocycles. The summed E-state index contributed by atoms with van der Waals surface area (Å²) in [5.74, 6) is 0.239. The maximum Gasteiger partial charge on any atom is 0.124 e. The van der Waals surface area contributed by atoms with Gasteiger partial charge in [-0.1, -0.05) is 42.5 Å². The Morgan fingerprint density at radius 2 is 1.77 bits per heavy atom. The molecule has 4 aromatic rings. The van der Waals surface area contributed by atoms with Crippen molar-refractivity contribution in [3.63, 3.8) is 0 Å². The number of fused-ring (bicyclic) bond motifs is 1. The van der Waals surface area contributed by atoms with Gasteiger partial charge in [0.2, 0.25) is 0 Å². The Hall–Kier alpha value is -3.40. The van der Waals surface area contributed by atoms with Crippen molar-refractivity contribution in [3.05, 3.63) is 84.2 Å². The first-order valence-corrected chi connectivity index (χ1v) is 8.49. The van der Waals surface area contributed by atoms with Gasteiger partial charge in [0.1, 0.15) is 5.75 Å². The van der Waals surface area contributed by atoms with Gasteiger partial charge in [0.05, 0.1) is 17.4 Å². The molecule has 0 saturated carbocycles. The van der Waals surface area contributed by atoms with Crippen molar-refractivity contribution in [3.8, 4) is 16.9 Å². The average Bonchev–Trinajstić information content (AvgIpc) is 3.08. The van der Waals surface area contributed by atoms with Crippen LogP contribution in [-0.4, -0.2) is 27.9 Å². The number of benzene rings is 3. The predicted octanol–water partition coefficient (Wildman–Crippen LogP) is 4.51. The minimum atomic E-state index is 0.239. The van der Waals surface area contributed by atoms with Crippen LogP contribution in [-0.2, 0) is 6.54 Å². The van der Waals surface area contributed by atoms with Crippen LogP contribution in [0.3, 0.4) is 0 Å². The predicted molar refractivity (Wildman–Crippen MR) is 106 cm³/mol. The van der Waals surface area contributed by atoms with Crippen LogP contribution in [0.1, 0.15) is 11.1 Å². The maximum atomic E-state index is 9.89. The third-order valence-electron chi connectivity index (χ3n) is 4.46. The molecule has 0 amide bonds. The molecule has 0 saturated heterocycles. The molecule has 26 heavy (non-hydrogen) atoms. The van der Waals surface area contributed by atoms with Crippen LogP contribution in [0, 0.1) is 0 Å². The molecular formula is C22H19N3O. The lowest BCUT2D eigenvalue weighted by Crippen LogP contribution is -1.97. The largest absolute Gasteiger partial charge is 0.507 e. The molecule has 4 heteroatoms. The van der Waals surface area contributed by atoms with Gasteiger partial charge in [-0.05, 0) is 41.0 Å². The average molecular weight is 341 g/mol. The fourth-order valence-electron chi connectivity index (χ4n) is 3.11. The molecule has 4 rings (SSSR count). The summed E-state index contributed by atoms with van der Waals surface area (Å²) >= 11 is 0. The number of aliphatic imine (C=N–C) groups is 1. The smallest absolute Gasteiger partial charge is 0.124 e. The van der Waals surface area contributed by atoms with Crippen molar-refractivity contribution < 1.29 is 5.11 Å². The fourth-order valence-corrected chi connectivity index (χ4v) is 3.11. The van der Waals surface area contributed by atoms with E-state index in [9.17, 15) is 5.11 Å². The van der Waals surface area contributed by atoms with E-state index in [1.54, 1.807) is 19.3 Å². The number of aromatic nitrogens is 2. The summed E-state index contributed by atoms with van der Waals surface area (Å²) in [5.41, 5.74) is 6.24. The lowest BCUT2D eigenvalue weighted by molar-refractivity contribution is 0.474. The second-order valence-electron chi connectivity index (χ2n) is 6.22. The number of aromatic hydroxyl groups is 1. The van der Waals surface area contributed by atoms with Gasteiger partial charge < -0.3 is 9.67 Å². The Morgan fingerprint density at radius 3 is 2.58 bits per heavy atom. The number of hydrogen-bond acceptors (Lipinski definition) is 3. The molecule has 1 aromatic heterocycles. The molecule has 0 aliphatic heterocycles. The van der Waals surface area contributed by atoms with Crippen LogP contribution < -0.4 is 0 Å². The molecule has 4 nitrogen and oxygen atoms in total. The van der Waals surface area contributed by atoms with E-state index >= 15 is 0 Å². The summed E-state index contributed by atoms with van der Waals surface area (Å²) < 4.78 is 2.15. The van der Waals surface area contributed by atoms with Crippen molar-refractivity contribution in [1.82, 2.24) is 9.55 Å². The normalized spacial score (nSPS) is 11.4. The summed E-state index contributed by atoms with van der Waals surface area (Å²) in [7, 11) is 1.70. The van der Waals surface area contributed by atoms with E-state index in [1.807, 2.05) is 36.7 Å². The molecule has 0 atom stereocenters. The van der Waals surface area contributed by atoms with Crippen LogP contribution in [0.15, 0.2) is 78.0 Å². The van der Waals surface area contributed by atoms with Crippen molar-refractivity contribution in [2.24, 2.45) is 4.99 Å². The summed E-state index contributed by atoms with van der Waals surface area (Å²) in [5, 5.41) is 9.89. The van der Waals surface area contributed by atoms with Gasteiger partial charge in [-0.2, -0.15) is 0 Å². The third kappa shape index (κ3) is 3.09. The molecule has 128 valence electrons. The highest BCUT2D eigenvalue weighted by Crippen LogP contribution is 2.25. The SMILES string of the molecule is C/N=C/c1cc(-c2ccc(Cn3cnc4ccccc43)cc2)ccc1O. The van der Waals surface area contributed by atoms with E-state index in [0.717, 1.165) is 34.3 Å². The third-order valence-corrected chi connectivity index (χ3v) is 4.46. The van der Waals surface area contributed by atoms with Crippen LogP contribution >= 0.6 is 0 Å². The molecule has 0 spiro atoms. The summed E-state index contributed by atoms with van der Waals surface area (Å²) in [6.45, 7) is 0.782. The molecular weight excluding hydrogens is 322 g/mol. The van der Waals surface area contributed by atoms with Gasteiger partial charge in [0, 0.05) is 25.4 Å². The van der Waals surface area contributed by atoms with Crippen LogP contribution in [0.2, 0.25) is 0 Å². The summed E-state index contributed by atoms with van der Waals surface area (Å²) in [6.07, 6.45) is 3.55. The van der Waals surface area contributed by atoms with Gasteiger partial charge in [-0.15, -0.1) is 0 Å². The first kappa shape index (κ1) is 16.1. The number of hydrogen-bond donors (Lipinski definition) is 1. The van der Waals surface area contributed by atoms with E-state index in [2.05, 4.69) is 44.9 Å². The summed E-state index contributed by atoms with van der Waals surface area (Å²) in [4.78, 5) is 8.43. The van der Waals surface area contributed by atoms with Crippen molar-refractivity contribution in [2.75, 3.05) is 7.05 Å². The molecule has 0 aliphatic rings. The van der Waals surface area contributed by atoms with Crippen LogP contribution in [0.4, 0.5) is 0 Å². The zero-order valence-electron chi connectivity index (χ0n) is 14.5. The van der Waals surface area contributed by atoms with Gasteiger partial charge in [0.15, 0.2) is 0 Å². The fraction of sp³-hybridized carbons (Fsp3) is 0.0909. The van der Waals surface area contributed by atoms with Crippen LogP contribution in [0.25, 0.3) is 22.2 Å². The van der Waals surface area contributed by atoms with E-state index in [4.69, 9.17) is 0 Å². The van der Waals surface area contributed by atoms with Gasteiger partial charge in [-0.3, -0.25) is 4.99 Å². The van der Waals surface area contributed by atoms with E-state index in [-0.39, 0.29) is 5.75 Å². The topological polar surface area (TPSA) is 50.4 Å². The molecule has 0 bridgehead atoms. The van der Waals surface area contributed by atoms with Gasteiger partial charge >= 0.3 is 0 Å². The van der Waals surface area contributed by atoms with Crippen molar-refractivity contribution in [1.29, 1.82) is 0 Å². The minimum absolute atomic E-state index is 0.239. The maximum absolute atomic E-state index is 9.89. The highest BCUT2D eigenvalue weighted by atomic mass is 16.3. The molecule has 1 N–H and O–H groups in total.